The number of hydroxylamine groups is 4. The molecule has 1 fully saturated rings. The second-order valence-corrected chi connectivity index (χ2v) is 7.47. The second-order valence-electron chi connectivity index (χ2n) is 6.23. The Balaban J connectivity index is 2.22. The van der Waals surface area contributed by atoms with Crippen molar-refractivity contribution in [1.29, 1.82) is 0 Å². The molecule has 2 aliphatic rings. The number of halogens is 1. The van der Waals surface area contributed by atoms with E-state index < -0.39 is 11.1 Å². The van der Waals surface area contributed by atoms with Gasteiger partial charge < -0.3 is 0 Å². The van der Waals surface area contributed by atoms with Gasteiger partial charge in [-0.25, -0.2) is 15.0 Å². The Morgan fingerprint density at radius 1 is 1.10 bits per heavy atom. The van der Waals surface area contributed by atoms with Gasteiger partial charge in [0.25, 0.3) is 0 Å². The number of rotatable bonds is 0. The highest BCUT2D eigenvalue weighted by Gasteiger charge is 2.57. The van der Waals surface area contributed by atoms with Crippen molar-refractivity contribution >= 4 is 22.6 Å². The van der Waals surface area contributed by atoms with Gasteiger partial charge in [0.2, 0.25) is 5.82 Å². The minimum atomic E-state index is -0.793. The molecule has 1 radical (unpaired) electrons. The monoisotopic (exact) mass is 399 g/mol. The number of fused-ring (bicyclic) bond motifs is 1. The van der Waals surface area contributed by atoms with E-state index in [1.54, 1.807) is 13.8 Å². The van der Waals surface area contributed by atoms with Crippen LogP contribution >= 0.6 is 22.6 Å². The number of hydrogen-bond acceptors (Lipinski definition) is 5. The van der Waals surface area contributed by atoms with Crippen molar-refractivity contribution in [3.63, 3.8) is 0 Å². The molecule has 1 N–H and O–H groups in total. The van der Waals surface area contributed by atoms with Crippen LogP contribution in [-0.4, -0.2) is 26.4 Å². The van der Waals surface area contributed by atoms with Crippen LogP contribution in [0.2, 0.25) is 0 Å². The Hall–Kier alpha value is -1.19. The molecule has 3 rings (SSSR count). The normalized spacial score (nSPS) is 25.7. The molecular weight excluding hydrogens is 383 g/mol. The molecule has 0 atom stereocenters. The SMILES string of the molecule is CC1(C)N([O])/C(=C2/N=c3ccc(I)cc3=N2)N(O)C1(C)C. The lowest BCUT2D eigenvalue weighted by atomic mass is 9.84. The summed E-state index contributed by atoms with van der Waals surface area (Å²) in [5.41, 5.74) is -1.54. The first kappa shape index (κ1) is 14.7. The van der Waals surface area contributed by atoms with Gasteiger partial charge >= 0.3 is 0 Å². The van der Waals surface area contributed by atoms with Crippen LogP contribution in [-0.2, 0) is 5.21 Å². The van der Waals surface area contributed by atoms with Crippen LogP contribution in [0.25, 0.3) is 0 Å². The summed E-state index contributed by atoms with van der Waals surface area (Å²) >= 11 is 2.20. The fourth-order valence-electron chi connectivity index (χ4n) is 2.34. The third-order valence-electron chi connectivity index (χ3n) is 4.52. The van der Waals surface area contributed by atoms with Gasteiger partial charge in [0.05, 0.1) is 21.8 Å². The van der Waals surface area contributed by atoms with Crippen LogP contribution < -0.4 is 10.7 Å². The molecule has 21 heavy (non-hydrogen) atoms. The van der Waals surface area contributed by atoms with Crippen molar-refractivity contribution in [3.05, 3.63) is 44.1 Å². The molecule has 2 aliphatic heterocycles. The Bertz CT molecular complexity index is 748. The van der Waals surface area contributed by atoms with Gasteiger partial charge in [-0.15, -0.1) is 0 Å². The van der Waals surface area contributed by atoms with Crippen LogP contribution in [0.1, 0.15) is 27.7 Å². The van der Waals surface area contributed by atoms with E-state index in [4.69, 9.17) is 0 Å². The number of benzene rings is 1. The molecule has 0 aliphatic carbocycles. The molecule has 1 aromatic rings. The second kappa shape index (κ2) is 4.40. The van der Waals surface area contributed by atoms with Gasteiger partial charge in [0, 0.05) is 3.57 Å². The molecule has 0 amide bonds. The molecule has 0 aromatic heterocycles. The van der Waals surface area contributed by atoms with E-state index >= 15 is 0 Å². The van der Waals surface area contributed by atoms with Crippen LogP contribution in [0.5, 0.6) is 0 Å². The van der Waals surface area contributed by atoms with Gasteiger partial charge in [-0.1, -0.05) is 5.21 Å². The van der Waals surface area contributed by atoms with E-state index in [1.165, 1.54) is 0 Å². The third-order valence-corrected chi connectivity index (χ3v) is 5.19. The smallest absolute Gasteiger partial charge is 0.202 e. The lowest BCUT2D eigenvalue weighted by Gasteiger charge is -2.36. The summed E-state index contributed by atoms with van der Waals surface area (Å²) in [4.78, 5) is 8.76. The van der Waals surface area contributed by atoms with Crippen LogP contribution in [0, 0.1) is 3.57 Å². The molecule has 0 saturated carbocycles. The quantitative estimate of drug-likeness (QED) is 0.674. The Labute approximate surface area is 136 Å². The summed E-state index contributed by atoms with van der Waals surface area (Å²) in [5, 5.41) is 26.2. The molecule has 111 valence electrons. The first-order chi connectivity index (χ1) is 9.66. The van der Waals surface area contributed by atoms with Crippen molar-refractivity contribution in [2.24, 2.45) is 9.98 Å². The number of nitrogens with zero attached hydrogens (tertiary/aromatic N) is 4. The van der Waals surface area contributed by atoms with E-state index in [1.807, 2.05) is 32.0 Å². The Morgan fingerprint density at radius 2 is 1.71 bits per heavy atom. The first-order valence-corrected chi connectivity index (χ1v) is 7.68. The van der Waals surface area contributed by atoms with Crippen molar-refractivity contribution in [3.8, 4) is 0 Å². The zero-order valence-corrected chi connectivity index (χ0v) is 14.4. The maximum Gasteiger partial charge on any atom is 0.202 e. The minimum absolute atomic E-state index is 0.0937. The van der Waals surface area contributed by atoms with Crippen molar-refractivity contribution < 1.29 is 10.4 Å². The highest BCUT2D eigenvalue weighted by Crippen LogP contribution is 2.44. The van der Waals surface area contributed by atoms with Gasteiger partial charge in [-0.3, -0.25) is 5.21 Å². The fraction of sp³-hybridized carbons (Fsp3) is 0.429. The highest BCUT2D eigenvalue weighted by atomic mass is 127. The zero-order valence-electron chi connectivity index (χ0n) is 12.3. The molecule has 7 heteroatoms. The molecular formula is C14H16IN4O2. The average Bonchev–Trinajstić information content (AvgIpc) is 2.84. The summed E-state index contributed by atoms with van der Waals surface area (Å²) in [6.45, 7) is 7.22. The van der Waals surface area contributed by atoms with Crippen molar-refractivity contribution in [1.82, 2.24) is 10.1 Å². The molecule has 0 bridgehead atoms. The van der Waals surface area contributed by atoms with E-state index in [9.17, 15) is 10.4 Å². The molecule has 6 nitrogen and oxygen atoms in total. The van der Waals surface area contributed by atoms with Crippen molar-refractivity contribution in [2.45, 2.75) is 38.8 Å². The van der Waals surface area contributed by atoms with Crippen LogP contribution in [0.4, 0.5) is 0 Å². The predicted molar refractivity (Wildman–Crippen MR) is 82.8 cm³/mol. The highest BCUT2D eigenvalue weighted by molar-refractivity contribution is 14.1. The Morgan fingerprint density at radius 3 is 2.29 bits per heavy atom. The maximum atomic E-state index is 12.6. The van der Waals surface area contributed by atoms with Gasteiger partial charge in [-0.2, -0.15) is 5.06 Å². The lowest BCUT2D eigenvalue weighted by Crippen LogP contribution is -2.52. The maximum absolute atomic E-state index is 12.6. The molecule has 2 heterocycles. The van der Waals surface area contributed by atoms with Crippen LogP contribution in [0.15, 0.2) is 39.8 Å². The van der Waals surface area contributed by atoms with Gasteiger partial charge in [0.15, 0.2) is 5.82 Å². The average molecular weight is 399 g/mol. The largest absolute Gasteiger partial charge is 0.286 e. The summed E-state index contributed by atoms with van der Waals surface area (Å²) in [6, 6.07) is 5.69. The molecule has 1 aromatic carbocycles. The van der Waals surface area contributed by atoms with E-state index in [2.05, 4.69) is 32.6 Å². The minimum Gasteiger partial charge on any atom is -0.286 e. The summed E-state index contributed by atoms with van der Waals surface area (Å²) in [5.74, 6) is 0.347. The van der Waals surface area contributed by atoms with Crippen molar-refractivity contribution in [2.75, 3.05) is 0 Å². The van der Waals surface area contributed by atoms with Gasteiger partial charge in [-0.05, 0) is 68.5 Å². The number of hydrogen-bond donors (Lipinski definition) is 1. The molecule has 1 saturated heterocycles. The summed E-state index contributed by atoms with van der Waals surface area (Å²) in [7, 11) is 0. The van der Waals surface area contributed by atoms with E-state index in [0.717, 1.165) is 13.7 Å². The van der Waals surface area contributed by atoms with Gasteiger partial charge in [0.1, 0.15) is 0 Å². The third kappa shape index (κ3) is 1.91. The topological polar surface area (TPSA) is 71.3 Å². The standard InChI is InChI=1S/C14H16IN4O2/c1-13(2)14(3,4)19(21)12(18(13)20)11-16-9-6-5-8(15)7-10(9)17-11/h5-7,20H,1-4H3/b12-11-. The summed E-state index contributed by atoms with van der Waals surface area (Å²) in [6.07, 6.45) is 0. The van der Waals surface area contributed by atoms with E-state index in [0.29, 0.717) is 10.7 Å². The predicted octanol–water partition coefficient (Wildman–Crippen LogP) is 1.58. The lowest BCUT2D eigenvalue weighted by molar-refractivity contribution is -0.182. The first-order valence-electron chi connectivity index (χ1n) is 6.60. The van der Waals surface area contributed by atoms with E-state index in [-0.39, 0.29) is 11.6 Å². The molecule has 0 unspecified atom stereocenters. The van der Waals surface area contributed by atoms with Crippen LogP contribution in [0.3, 0.4) is 0 Å². The zero-order chi connectivity index (χ0) is 15.6. The molecule has 0 spiro atoms. The fourth-order valence-corrected chi connectivity index (χ4v) is 2.82. The Kier molecular flexibility index (Phi) is 3.09. The summed E-state index contributed by atoms with van der Waals surface area (Å²) < 4.78 is 1.04.